The third kappa shape index (κ3) is 5.93. The molecule has 0 unspecified atom stereocenters. The summed E-state index contributed by atoms with van der Waals surface area (Å²) in [6.07, 6.45) is -4.49. The summed E-state index contributed by atoms with van der Waals surface area (Å²) >= 11 is 0. The van der Waals surface area contributed by atoms with Gasteiger partial charge in [0.25, 0.3) is 5.91 Å². The van der Waals surface area contributed by atoms with Crippen molar-refractivity contribution in [2.45, 2.75) is 12.7 Å². The number of rotatable bonds is 8. The fraction of sp³-hybridized carbons (Fsp3) is 0.350. The van der Waals surface area contributed by atoms with E-state index in [4.69, 9.17) is 4.74 Å². The summed E-state index contributed by atoms with van der Waals surface area (Å²) in [6, 6.07) is 8.56. The summed E-state index contributed by atoms with van der Waals surface area (Å²) in [5.41, 5.74) is -0.816. The van der Waals surface area contributed by atoms with Gasteiger partial charge >= 0.3 is 11.9 Å². The van der Waals surface area contributed by atoms with Gasteiger partial charge in [0.1, 0.15) is 0 Å². The van der Waals surface area contributed by atoms with Crippen LogP contribution in [0.25, 0.3) is 0 Å². The highest BCUT2D eigenvalue weighted by atomic mass is 19.4. The standard InChI is InChI=1S/C20H22F3N3O4/c1-24(2)9-10-25(13-14-5-4-6-16(11-14)20(21,22)23)19(27)15-7-8-18(30-3)17(12-15)26(28)29/h4-8,11-12H,9-10,13H2,1-3H3. The zero-order valence-electron chi connectivity index (χ0n) is 16.8. The monoisotopic (exact) mass is 425 g/mol. The summed E-state index contributed by atoms with van der Waals surface area (Å²) in [4.78, 5) is 26.8. The number of alkyl halides is 3. The molecule has 0 atom stereocenters. The Morgan fingerprint density at radius 1 is 1.13 bits per heavy atom. The minimum absolute atomic E-state index is 0.00858. The van der Waals surface area contributed by atoms with Crippen molar-refractivity contribution < 1.29 is 27.6 Å². The first kappa shape index (κ1) is 23.1. The smallest absolute Gasteiger partial charge is 0.416 e. The summed E-state index contributed by atoms with van der Waals surface area (Å²) in [6.45, 7) is 0.612. The predicted molar refractivity (Wildman–Crippen MR) is 104 cm³/mol. The number of nitro groups is 1. The Kier molecular flexibility index (Phi) is 7.38. The van der Waals surface area contributed by atoms with Crippen molar-refractivity contribution >= 4 is 11.6 Å². The van der Waals surface area contributed by atoms with Gasteiger partial charge in [-0.05, 0) is 43.9 Å². The van der Waals surface area contributed by atoms with Crippen LogP contribution in [0.1, 0.15) is 21.5 Å². The molecule has 0 heterocycles. The lowest BCUT2D eigenvalue weighted by Crippen LogP contribution is -2.36. The Morgan fingerprint density at radius 2 is 1.83 bits per heavy atom. The molecule has 162 valence electrons. The van der Waals surface area contributed by atoms with Gasteiger partial charge in [0.15, 0.2) is 5.75 Å². The van der Waals surface area contributed by atoms with Crippen molar-refractivity contribution in [3.8, 4) is 5.75 Å². The molecule has 30 heavy (non-hydrogen) atoms. The highest BCUT2D eigenvalue weighted by Crippen LogP contribution is 2.30. The number of amides is 1. The fourth-order valence-electron chi connectivity index (χ4n) is 2.79. The second kappa shape index (κ2) is 9.57. The van der Waals surface area contributed by atoms with Crippen LogP contribution in [-0.2, 0) is 12.7 Å². The Morgan fingerprint density at radius 3 is 2.40 bits per heavy atom. The number of likely N-dealkylation sites (N-methyl/N-ethyl adjacent to an activating group) is 1. The van der Waals surface area contributed by atoms with Gasteiger partial charge in [-0.1, -0.05) is 12.1 Å². The third-order valence-electron chi connectivity index (χ3n) is 4.35. The Balaban J connectivity index is 2.36. The van der Waals surface area contributed by atoms with E-state index in [9.17, 15) is 28.1 Å². The van der Waals surface area contributed by atoms with Crippen LogP contribution >= 0.6 is 0 Å². The molecule has 0 aliphatic heterocycles. The lowest BCUT2D eigenvalue weighted by Gasteiger charge is -2.25. The van der Waals surface area contributed by atoms with E-state index in [1.807, 2.05) is 4.90 Å². The largest absolute Gasteiger partial charge is 0.490 e. The first-order chi connectivity index (χ1) is 14.0. The van der Waals surface area contributed by atoms with Crippen LogP contribution in [0.3, 0.4) is 0 Å². The molecule has 0 fully saturated rings. The molecule has 0 bridgehead atoms. The topological polar surface area (TPSA) is 75.9 Å². The number of nitrogens with zero attached hydrogens (tertiary/aromatic N) is 3. The number of carbonyl (C=O) groups is 1. The number of ether oxygens (including phenoxy) is 1. The van der Waals surface area contributed by atoms with Crippen molar-refractivity contribution in [1.82, 2.24) is 9.80 Å². The maximum atomic E-state index is 13.0. The van der Waals surface area contributed by atoms with Gasteiger partial charge in [0.05, 0.1) is 17.6 Å². The summed E-state index contributed by atoms with van der Waals surface area (Å²) in [5.74, 6) is -0.519. The van der Waals surface area contributed by atoms with Gasteiger partial charge in [0, 0.05) is 31.3 Å². The van der Waals surface area contributed by atoms with Crippen LogP contribution in [0.15, 0.2) is 42.5 Å². The van der Waals surface area contributed by atoms with Crippen LogP contribution in [0.2, 0.25) is 0 Å². The molecule has 0 saturated carbocycles. The Bertz CT molecular complexity index is 916. The third-order valence-corrected chi connectivity index (χ3v) is 4.35. The summed E-state index contributed by atoms with van der Waals surface area (Å²) < 4.78 is 44.0. The van der Waals surface area contributed by atoms with Crippen LogP contribution in [0.5, 0.6) is 5.75 Å². The van der Waals surface area contributed by atoms with Gasteiger partial charge in [-0.15, -0.1) is 0 Å². The second-order valence-corrected chi connectivity index (χ2v) is 6.87. The van der Waals surface area contributed by atoms with E-state index in [0.717, 1.165) is 18.2 Å². The number of hydrogen-bond donors (Lipinski definition) is 0. The molecule has 1 amide bonds. The molecule has 0 aliphatic carbocycles. The Hall–Kier alpha value is -3.14. The predicted octanol–water partition coefficient (Wildman–Crippen LogP) is 3.83. The number of carbonyl (C=O) groups excluding carboxylic acids is 1. The quantitative estimate of drug-likeness (QED) is 0.475. The SMILES string of the molecule is COc1ccc(C(=O)N(CCN(C)C)Cc2cccc(C(F)(F)F)c2)cc1[N+](=O)[O-]. The molecule has 2 aromatic rings. The zero-order valence-corrected chi connectivity index (χ0v) is 16.8. The fourth-order valence-corrected chi connectivity index (χ4v) is 2.79. The number of benzene rings is 2. The molecule has 7 nitrogen and oxygen atoms in total. The maximum Gasteiger partial charge on any atom is 0.416 e. The molecule has 0 aliphatic rings. The molecule has 0 spiro atoms. The molecular weight excluding hydrogens is 403 g/mol. The maximum absolute atomic E-state index is 13.0. The van der Waals surface area contributed by atoms with Crippen molar-refractivity contribution in [3.05, 3.63) is 69.3 Å². The van der Waals surface area contributed by atoms with Gasteiger partial charge < -0.3 is 14.5 Å². The lowest BCUT2D eigenvalue weighted by molar-refractivity contribution is -0.385. The second-order valence-electron chi connectivity index (χ2n) is 6.87. The number of hydrogen-bond acceptors (Lipinski definition) is 5. The number of nitro benzene ring substituents is 1. The van der Waals surface area contributed by atoms with E-state index in [0.29, 0.717) is 12.1 Å². The van der Waals surface area contributed by atoms with Crippen LogP contribution in [-0.4, -0.2) is 54.9 Å². The highest BCUT2D eigenvalue weighted by molar-refractivity contribution is 5.95. The van der Waals surface area contributed by atoms with Crippen molar-refractivity contribution in [3.63, 3.8) is 0 Å². The van der Waals surface area contributed by atoms with E-state index in [-0.39, 0.29) is 30.1 Å². The average molecular weight is 425 g/mol. The zero-order chi connectivity index (χ0) is 22.5. The normalized spacial score (nSPS) is 11.4. The van der Waals surface area contributed by atoms with Crippen molar-refractivity contribution in [2.75, 3.05) is 34.3 Å². The number of methoxy groups -OCH3 is 1. The molecule has 0 N–H and O–H groups in total. The minimum atomic E-state index is -4.49. The molecular formula is C20H22F3N3O4. The van der Waals surface area contributed by atoms with Crippen LogP contribution in [0, 0.1) is 10.1 Å². The number of halogens is 3. The van der Waals surface area contributed by atoms with Crippen molar-refractivity contribution in [2.24, 2.45) is 0 Å². The molecule has 0 saturated heterocycles. The van der Waals surface area contributed by atoms with Gasteiger partial charge in [-0.25, -0.2) is 0 Å². The first-order valence-electron chi connectivity index (χ1n) is 8.95. The first-order valence-corrected chi connectivity index (χ1v) is 8.95. The summed E-state index contributed by atoms with van der Waals surface area (Å²) in [5, 5.41) is 11.3. The van der Waals surface area contributed by atoms with Gasteiger partial charge in [-0.2, -0.15) is 13.2 Å². The van der Waals surface area contributed by atoms with Gasteiger partial charge in [-0.3, -0.25) is 14.9 Å². The molecule has 2 aromatic carbocycles. The minimum Gasteiger partial charge on any atom is -0.490 e. The molecule has 2 rings (SSSR count). The molecule has 0 radical (unpaired) electrons. The van der Waals surface area contributed by atoms with E-state index in [1.54, 1.807) is 14.1 Å². The van der Waals surface area contributed by atoms with Gasteiger partial charge in [0.2, 0.25) is 0 Å². The summed E-state index contributed by atoms with van der Waals surface area (Å²) in [7, 11) is 4.87. The van der Waals surface area contributed by atoms with Crippen molar-refractivity contribution in [1.29, 1.82) is 0 Å². The average Bonchev–Trinajstić information content (AvgIpc) is 2.69. The molecule has 0 aromatic heterocycles. The van der Waals surface area contributed by atoms with E-state index in [2.05, 4.69) is 0 Å². The van der Waals surface area contributed by atoms with E-state index >= 15 is 0 Å². The lowest BCUT2D eigenvalue weighted by atomic mass is 10.1. The highest BCUT2D eigenvalue weighted by Gasteiger charge is 2.30. The van der Waals surface area contributed by atoms with Crippen LogP contribution in [0.4, 0.5) is 18.9 Å². The Labute approximate surface area is 171 Å². The van der Waals surface area contributed by atoms with E-state index in [1.165, 1.54) is 36.3 Å². The van der Waals surface area contributed by atoms with E-state index < -0.39 is 22.6 Å². The van der Waals surface area contributed by atoms with Crippen LogP contribution < -0.4 is 4.74 Å². The molecule has 10 heteroatoms.